The Kier molecular flexibility index (Phi) is 6.65. The molecule has 128 valence electrons. The van der Waals surface area contributed by atoms with E-state index in [0.717, 1.165) is 19.3 Å². The summed E-state index contributed by atoms with van der Waals surface area (Å²) in [4.78, 5) is 13.6. The van der Waals surface area contributed by atoms with Gasteiger partial charge in [0.25, 0.3) is 0 Å². The van der Waals surface area contributed by atoms with Gasteiger partial charge in [0.1, 0.15) is 11.6 Å². The molecule has 1 aromatic rings. The first-order valence-corrected chi connectivity index (χ1v) is 8.11. The maximum atomic E-state index is 12.7. The third kappa shape index (κ3) is 5.71. The number of carbonyl (C=O) groups excluding carboxylic acids is 1. The molecule has 2 unspecified atom stereocenters. The molecule has 0 heterocycles. The molecule has 1 aromatic carbocycles. The summed E-state index contributed by atoms with van der Waals surface area (Å²) in [5.41, 5.74) is 0. The SMILES string of the molecule is CN(CC1CCCC1O)C(=O)NCCCOc1ccc(F)cc1. The number of aliphatic hydroxyl groups excluding tert-OH is 1. The fourth-order valence-corrected chi connectivity index (χ4v) is 2.79. The predicted molar refractivity (Wildman–Crippen MR) is 85.9 cm³/mol. The lowest BCUT2D eigenvalue weighted by molar-refractivity contribution is 0.114. The van der Waals surface area contributed by atoms with Crippen molar-refractivity contribution in [2.24, 2.45) is 5.92 Å². The third-order valence-electron chi connectivity index (χ3n) is 4.15. The van der Waals surface area contributed by atoms with E-state index in [9.17, 15) is 14.3 Å². The van der Waals surface area contributed by atoms with Gasteiger partial charge < -0.3 is 20.1 Å². The summed E-state index contributed by atoms with van der Waals surface area (Å²) < 4.78 is 18.2. The van der Waals surface area contributed by atoms with Crippen molar-refractivity contribution in [2.75, 3.05) is 26.7 Å². The fraction of sp³-hybridized carbons (Fsp3) is 0.588. The van der Waals surface area contributed by atoms with Gasteiger partial charge in [-0.15, -0.1) is 0 Å². The average Bonchev–Trinajstić information content (AvgIpc) is 2.93. The number of aliphatic hydroxyl groups is 1. The standard InChI is InChI=1S/C17H25FN2O3/c1-20(12-13-4-2-5-16(13)21)17(22)19-10-3-11-23-15-8-6-14(18)7-9-15/h6-9,13,16,21H,2-5,10-12H2,1H3,(H,19,22). The maximum Gasteiger partial charge on any atom is 0.317 e. The molecule has 2 amide bonds. The molecule has 5 nitrogen and oxygen atoms in total. The van der Waals surface area contributed by atoms with Crippen molar-refractivity contribution in [2.45, 2.75) is 31.8 Å². The Bertz CT molecular complexity index is 495. The first kappa shape index (κ1) is 17.5. The van der Waals surface area contributed by atoms with Crippen LogP contribution in [0.25, 0.3) is 0 Å². The second-order valence-corrected chi connectivity index (χ2v) is 6.03. The van der Waals surface area contributed by atoms with Gasteiger partial charge in [-0.2, -0.15) is 0 Å². The topological polar surface area (TPSA) is 61.8 Å². The highest BCUT2D eigenvalue weighted by atomic mass is 19.1. The summed E-state index contributed by atoms with van der Waals surface area (Å²) in [6.45, 7) is 1.55. The monoisotopic (exact) mass is 324 g/mol. The molecule has 1 aliphatic rings. The molecule has 0 bridgehead atoms. The molecule has 2 rings (SSSR count). The second-order valence-electron chi connectivity index (χ2n) is 6.03. The molecular weight excluding hydrogens is 299 g/mol. The lowest BCUT2D eigenvalue weighted by Gasteiger charge is -2.23. The van der Waals surface area contributed by atoms with Gasteiger partial charge in [0, 0.05) is 26.1 Å². The van der Waals surface area contributed by atoms with Gasteiger partial charge in [0.15, 0.2) is 0 Å². The van der Waals surface area contributed by atoms with Crippen molar-refractivity contribution in [1.29, 1.82) is 0 Å². The van der Waals surface area contributed by atoms with Crippen LogP contribution in [-0.2, 0) is 0 Å². The fourth-order valence-electron chi connectivity index (χ4n) is 2.79. The lowest BCUT2D eigenvalue weighted by atomic mass is 10.1. The molecule has 2 N–H and O–H groups in total. The number of rotatable bonds is 7. The van der Waals surface area contributed by atoms with E-state index in [4.69, 9.17) is 4.74 Å². The number of urea groups is 1. The Hall–Kier alpha value is -1.82. The van der Waals surface area contributed by atoms with Crippen LogP contribution in [0.3, 0.4) is 0 Å². The van der Waals surface area contributed by atoms with Crippen LogP contribution in [0.2, 0.25) is 0 Å². The van der Waals surface area contributed by atoms with Crippen LogP contribution in [0, 0.1) is 11.7 Å². The van der Waals surface area contributed by atoms with Crippen molar-refractivity contribution in [1.82, 2.24) is 10.2 Å². The Morgan fingerprint density at radius 1 is 1.39 bits per heavy atom. The van der Waals surface area contributed by atoms with Crippen LogP contribution in [0.15, 0.2) is 24.3 Å². The van der Waals surface area contributed by atoms with Gasteiger partial charge in [-0.3, -0.25) is 0 Å². The molecule has 1 aliphatic carbocycles. The van der Waals surface area contributed by atoms with Crippen molar-refractivity contribution in [3.63, 3.8) is 0 Å². The van der Waals surface area contributed by atoms with E-state index < -0.39 is 0 Å². The first-order valence-electron chi connectivity index (χ1n) is 8.11. The second kappa shape index (κ2) is 8.72. The van der Waals surface area contributed by atoms with E-state index in [2.05, 4.69) is 5.32 Å². The Balaban J connectivity index is 1.58. The molecule has 0 aromatic heterocycles. The molecule has 0 radical (unpaired) electrons. The highest BCUT2D eigenvalue weighted by Crippen LogP contribution is 2.25. The summed E-state index contributed by atoms with van der Waals surface area (Å²) in [6.07, 6.45) is 3.23. The van der Waals surface area contributed by atoms with Gasteiger partial charge >= 0.3 is 6.03 Å². The zero-order valence-corrected chi connectivity index (χ0v) is 13.5. The number of amides is 2. The number of hydrogen-bond acceptors (Lipinski definition) is 3. The Morgan fingerprint density at radius 2 is 2.13 bits per heavy atom. The molecular formula is C17H25FN2O3. The molecule has 23 heavy (non-hydrogen) atoms. The summed E-state index contributed by atoms with van der Waals surface area (Å²) in [6, 6.07) is 5.72. The molecule has 6 heteroatoms. The number of benzene rings is 1. The quantitative estimate of drug-likeness (QED) is 0.757. The number of nitrogens with one attached hydrogen (secondary N) is 1. The predicted octanol–water partition coefficient (Wildman–Crippen LogP) is 2.40. The van der Waals surface area contributed by atoms with Gasteiger partial charge in [-0.25, -0.2) is 9.18 Å². The van der Waals surface area contributed by atoms with E-state index >= 15 is 0 Å². The minimum absolute atomic E-state index is 0.133. The number of ether oxygens (including phenoxy) is 1. The van der Waals surface area contributed by atoms with E-state index in [-0.39, 0.29) is 23.9 Å². The maximum absolute atomic E-state index is 12.7. The van der Waals surface area contributed by atoms with E-state index in [0.29, 0.717) is 31.9 Å². The number of hydrogen-bond donors (Lipinski definition) is 2. The zero-order valence-electron chi connectivity index (χ0n) is 13.5. The van der Waals surface area contributed by atoms with Crippen molar-refractivity contribution >= 4 is 6.03 Å². The summed E-state index contributed by atoms with van der Waals surface area (Å²) in [5, 5.41) is 12.6. The molecule has 0 spiro atoms. The third-order valence-corrected chi connectivity index (χ3v) is 4.15. The molecule has 0 aliphatic heterocycles. The van der Waals surface area contributed by atoms with Crippen LogP contribution in [0.5, 0.6) is 5.75 Å². The van der Waals surface area contributed by atoms with Crippen LogP contribution in [-0.4, -0.2) is 48.9 Å². The van der Waals surface area contributed by atoms with Gasteiger partial charge in [0.2, 0.25) is 0 Å². The van der Waals surface area contributed by atoms with Crippen LogP contribution < -0.4 is 10.1 Å². The van der Waals surface area contributed by atoms with E-state index in [1.165, 1.54) is 12.1 Å². The molecule has 0 saturated heterocycles. The minimum Gasteiger partial charge on any atom is -0.494 e. The van der Waals surface area contributed by atoms with Crippen molar-refractivity contribution in [3.8, 4) is 5.75 Å². The highest BCUT2D eigenvalue weighted by Gasteiger charge is 2.27. The first-order chi connectivity index (χ1) is 11.1. The summed E-state index contributed by atoms with van der Waals surface area (Å²) in [7, 11) is 1.75. The van der Waals surface area contributed by atoms with Gasteiger partial charge in [-0.05, 0) is 43.5 Å². The summed E-state index contributed by atoms with van der Waals surface area (Å²) in [5.74, 6) is 0.512. The minimum atomic E-state index is -0.292. The Labute approximate surface area is 136 Å². The molecule has 1 fully saturated rings. The molecule has 2 atom stereocenters. The number of nitrogens with zero attached hydrogens (tertiary/aromatic N) is 1. The van der Waals surface area contributed by atoms with E-state index in [1.54, 1.807) is 24.1 Å². The lowest BCUT2D eigenvalue weighted by Crippen LogP contribution is -2.41. The smallest absolute Gasteiger partial charge is 0.317 e. The van der Waals surface area contributed by atoms with Gasteiger partial charge in [0.05, 0.1) is 12.7 Å². The zero-order chi connectivity index (χ0) is 16.7. The van der Waals surface area contributed by atoms with Crippen LogP contribution in [0.4, 0.5) is 9.18 Å². The van der Waals surface area contributed by atoms with E-state index in [1.807, 2.05) is 0 Å². The molecule has 1 saturated carbocycles. The van der Waals surface area contributed by atoms with Crippen molar-refractivity contribution < 1.29 is 19.0 Å². The van der Waals surface area contributed by atoms with Gasteiger partial charge in [-0.1, -0.05) is 6.42 Å². The largest absolute Gasteiger partial charge is 0.494 e. The average molecular weight is 324 g/mol. The summed E-state index contributed by atoms with van der Waals surface area (Å²) >= 11 is 0. The van der Waals surface area contributed by atoms with Crippen LogP contribution >= 0.6 is 0 Å². The van der Waals surface area contributed by atoms with Crippen molar-refractivity contribution in [3.05, 3.63) is 30.1 Å². The highest BCUT2D eigenvalue weighted by molar-refractivity contribution is 5.73. The Morgan fingerprint density at radius 3 is 2.78 bits per heavy atom. The number of halogens is 1. The number of carbonyl (C=O) groups is 1. The van der Waals surface area contributed by atoms with Crippen LogP contribution in [0.1, 0.15) is 25.7 Å². The normalized spacial score (nSPS) is 20.3.